The van der Waals surface area contributed by atoms with Crippen molar-refractivity contribution in [2.75, 3.05) is 11.5 Å². The van der Waals surface area contributed by atoms with Crippen molar-refractivity contribution in [3.63, 3.8) is 0 Å². The molecule has 1 N–H and O–H groups in total. The molecule has 0 radical (unpaired) electrons. The zero-order valence-corrected chi connectivity index (χ0v) is 12.4. The second-order valence-corrected chi connectivity index (χ2v) is 7.87. The Kier molecular flexibility index (Phi) is 4.48. The summed E-state index contributed by atoms with van der Waals surface area (Å²) < 4.78 is 23.4. The number of sulfone groups is 1. The lowest BCUT2D eigenvalue weighted by atomic mass is 9.92. The Labute approximate surface area is 119 Å². The van der Waals surface area contributed by atoms with Gasteiger partial charge in [0.25, 0.3) is 0 Å². The molecule has 0 spiro atoms. The number of carbonyl (C=O) groups is 1. The highest BCUT2D eigenvalue weighted by molar-refractivity contribution is 7.91. The summed E-state index contributed by atoms with van der Waals surface area (Å²) in [5.74, 6) is -0.686. The second kappa shape index (κ2) is 5.95. The maximum Gasteiger partial charge on any atom is 0.306 e. The minimum Gasteiger partial charge on any atom is -0.481 e. The quantitative estimate of drug-likeness (QED) is 0.925. The average Bonchev–Trinajstić information content (AvgIpc) is 2.37. The first-order chi connectivity index (χ1) is 9.37. The Morgan fingerprint density at radius 2 is 2.20 bits per heavy atom. The Morgan fingerprint density at radius 1 is 1.45 bits per heavy atom. The van der Waals surface area contributed by atoms with E-state index >= 15 is 0 Å². The van der Waals surface area contributed by atoms with Gasteiger partial charge in [-0.3, -0.25) is 4.79 Å². The lowest BCUT2D eigenvalue weighted by Crippen LogP contribution is -2.23. The molecule has 1 aromatic carbocycles. The van der Waals surface area contributed by atoms with Gasteiger partial charge >= 0.3 is 5.97 Å². The number of carboxylic acids is 1. The van der Waals surface area contributed by atoms with Crippen LogP contribution in [-0.2, 0) is 21.1 Å². The van der Waals surface area contributed by atoms with Crippen LogP contribution in [0.3, 0.4) is 0 Å². The molecule has 1 aliphatic heterocycles. The van der Waals surface area contributed by atoms with E-state index in [9.17, 15) is 13.2 Å². The van der Waals surface area contributed by atoms with Crippen molar-refractivity contribution in [2.45, 2.75) is 32.1 Å². The molecule has 1 aliphatic rings. The van der Waals surface area contributed by atoms with Crippen molar-refractivity contribution in [1.29, 1.82) is 0 Å². The Morgan fingerprint density at radius 3 is 2.85 bits per heavy atom. The predicted octanol–water partition coefficient (Wildman–Crippen LogP) is 2.24. The molecule has 110 valence electrons. The van der Waals surface area contributed by atoms with Gasteiger partial charge in [-0.15, -0.1) is 0 Å². The standard InChI is InChI=1S/C15H20O4S/c1-11(15(16)17)8-12-4-2-5-13(9-12)14-6-3-7-20(18,19)10-14/h2,4-5,9,11,14H,3,6-8,10H2,1H3,(H,16,17). The summed E-state index contributed by atoms with van der Waals surface area (Å²) in [6, 6.07) is 7.70. The van der Waals surface area contributed by atoms with Crippen LogP contribution in [0.5, 0.6) is 0 Å². The molecule has 1 aromatic rings. The van der Waals surface area contributed by atoms with Crippen LogP contribution in [0.1, 0.15) is 36.8 Å². The van der Waals surface area contributed by atoms with Gasteiger partial charge in [0.15, 0.2) is 9.84 Å². The third-order valence-corrected chi connectivity index (χ3v) is 5.67. The maximum absolute atomic E-state index is 11.7. The molecule has 20 heavy (non-hydrogen) atoms. The molecule has 2 atom stereocenters. The Balaban J connectivity index is 2.15. The number of carboxylic acid groups (broad SMARTS) is 1. The van der Waals surface area contributed by atoms with Crippen molar-refractivity contribution in [3.05, 3.63) is 35.4 Å². The molecular formula is C15H20O4S. The SMILES string of the molecule is CC(Cc1cccc(C2CCCS(=O)(=O)C2)c1)C(=O)O. The smallest absolute Gasteiger partial charge is 0.306 e. The number of hydrogen-bond acceptors (Lipinski definition) is 3. The lowest BCUT2D eigenvalue weighted by molar-refractivity contribution is -0.141. The van der Waals surface area contributed by atoms with E-state index < -0.39 is 21.7 Å². The van der Waals surface area contributed by atoms with E-state index in [2.05, 4.69) is 0 Å². The fourth-order valence-corrected chi connectivity index (χ4v) is 4.45. The summed E-state index contributed by atoms with van der Waals surface area (Å²) >= 11 is 0. The fourth-order valence-electron chi connectivity index (χ4n) is 2.70. The van der Waals surface area contributed by atoms with Gasteiger partial charge in [-0.1, -0.05) is 31.2 Å². The van der Waals surface area contributed by atoms with Crippen LogP contribution in [0.15, 0.2) is 24.3 Å². The van der Waals surface area contributed by atoms with Crippen molar-refractivity contribution in [2.24, 2.45) is 5.92 Å². The Bertz CT molecular complexity index is 592. The molecule has 2 unspecified atom stereocenters. The van der Waals surface area contributed by atoms with Gasteiger partial charge in [0.2, 0.25) is 0 Å². The van der Waals surface area contributed by atoms with E-state index in [4.69, 9.17) is 5.11 Å². The molecule has 0 bridgehead atoms. The molecule has 0 saturated carbocycles. The van der Waals surface area contributed by atoms with Gasteiger partial charge in [0.1, 0.15) is 0 Å². The number of benzene rings is 1. The lowest BCUT2D eigenvalue weighted by Gasteiger charge is -2.22. The predicted molar refractivity (Wildman–Crippen MR) is 77.6 cm³/mol. The fraction of sp³-hybridized carbons (Fsp3) is 0.533. The van der Waals surface area contributed by atoms with Crippen LogP contribution in [0, 0.1) is 5.92 Å². The van der Waals surface area contributed by atoms with E-state index in [0.717, 1.165) is 17.5 Å². The topological polar surface area (TPSA) is 71.4 Å². The summed E-state index contributed by atoms with van der Waals surface area (Å²) in [6.07, 6.45) is 2.07. The van der Waals surface area contributed by atoms with Crippen molar-refractivity contribution in [1.82, 2.24) is 0 Å². The highest BCUT2D eigenvalue weighted by Gasteiger charge is 2.26. The number of rotatable bonds is 4. The van der Waals surface area contributed by atoms with Crippen molar-refractivity contribution in [3.8, 4) is 0 Å². The molecule has 2 rings (SSSR count). The first-order valence-corrected chi connectivity index (χ1v) is 8.71. The monoisotopic (exact) mass is 296 g/mol. The van der Waals surface area contributed by atoms with Crippen LogP contribution < -0.4 is 0 Å². The van der Waals surface area contributed by atoms with Crippen LogP contribution in [0.2, 0.25) is 0 Å². The van der Waals surface area contributed by atoms with Gasteiger partial charge < -0.3 is 5.11 Å². The van der Waals surface area contributed by atoms with Gasteiger partial charge in [0, 0.05) is 0 Å². The normalized spacial score (nSPS) is 23.1. The average molecular weight is 296 g/mol. The largest absolute Gasteiger partial charge is 0.481 e. The first-order valence-electron chi connectivity index (χ1n) is 6.89. The molecule has 0 aliphatic carbocycles. The Hall–Kier alpha value is -1.36. The molecule has 5 heteroatoms. The number of aliphatic carboxylic acids is 1. The minimum absolute atomic E-state index is 0.0498. The minimum atomic E-state index is -2.92. The van der Waals surface area contributed by atoms with Gasteiger partial charge in [-0.25, -0.2) is 8.42 Å². The highest BCUT2D eigenvalue weighted by atomic mass is 32.2. The molecule has 1 fully saturated rings. The summed E-state index contributed by atoms with van der Waals surface area (Å²) in [4.78, 5) is 10.9. The summed E-state index contributed by atoms with van der Waals surface area (Å²) in [7, 11) is -2.92. The van der Waals surface area contributed by atoms with E-state index in [1.54, 1.807) is 6.92 Å². The summed E-state index contributed by atoms with van der Waals surface area (Å²) in [5, 5.41) is 8.95. The van der Waals surface area contributed by atoms with Gasteiger partial charge in [-0.05, 0) is 36.3 Å². The van der Waals surface area contributed by atoms with Crippen molar-refractivity contribution < 1.29 is 18.3 Å². The molecule has 0 aromatic heterocycles. The zero-order valence-electron chi connectivity index (χ0n) is 11.6. The van der Waals surface area contributed by atoms with E-state index in [0.29, 0.717) is 18.6 Å². The molecular weight excluding hydrogens is 276 g/mol. The van der Waals surface area contributed by atoms with Gasteiger partial charge in [0.05, 0.1) is 17.4 Å². The molecule has 1 saturated heterocycles. The first kappa shape index (κ1) is 15.0. The molecule has 1 heterocycles. The third kappa shape index (κ3) is 3.82. The molecule has 4 nitrogen and oxygen atoms in total. The zero-order chi connectivity index (χ0) is 14.8. The van der Waals surface area contributed by atoms with E-state index in [1.807, 2.05) is 24.3 Å². The number of hydrogen-bond donors (Lipinski definition) is 1. The summed E-state index contributed by atoms with van der Waals surface area (Å²) in [6.45, 7) is 1.68. The van der Waals surface area contributed by atoms with E-state index in [-0.39, 0.29) is 11.7 Å². The van der Waals surface area contributed by atoms with Crippen LogP contribution in [0.25, 0.3) is 0 Å². The second-order valence-electron chi connectivity index (χ2n) is 5.64. The van der Waals surface area contributed by atoms with Gasteiger partial charge in [-0.2, -0.15) is 0 Å². The maximum atomic E-state index is 11.7. The van der Waals surface area contributed by atoms with Crippen LogP contribution in [0.4, 0.5) is 0 Å². The third-order valence-electron chi connectivity index (χ3n) is 3.85. The molecule has 0 amide bonds. The van der Waals surface area contributed by atoms with E-state index in [1.165, 1.54) is 0 Å². The summed E-state index contributed by atoms with van der Waals surface area (Å²) in [5.41, 5.74) is 1.98. The highest BCUT2D eigenvalue weighted by Crippen LogP contribution is 2.29. The van der Waals surface area contributed by atoms with Crippen LogP contribution in [-0.4, -0.2) is 31.0 Å². The van der Waals surface area contributed by atoms with Crippen molar-refractivity contribution >= 4 is 15.8 Å². The van der Waals surface area contributed by atoms with Crippen LogP contribution >= 0.6 is 0 Å².